The van der Waals surface area contributed by atoms with Crippen LogP contribution in [-0.2, 0) is 31.0 Å². The SMILES string of the molecule is Cc1c(COc2cc(OCc3cncc(C#N)c3)c(CC[C@@](C)(CO)C(=O)O)cc2Cl)cccc1-c1cccc(-c2ccc3c(cnn3CCN3CC[C@@H](O)C3)n2)c1C. The Morgan fingerprint density at radius 3 is 2.46 bits per heavy atom. The van der Waals surface area contributed by atoms with E-state index in [0.717, 1.165) is 76.2 Å². The number of carbonyl (C=O) groups is 1. The van der Waals surface area contributed by atoms with Gasteiger partial charge in [0.2, 0.25) is 0 Å². The summed E-state index contributed by atoms with van der Waals surface area (Å²) in [5.74, 6) is -0.265. The van der Waals surface area contributed by atoms with Crippen molar-refractivity contribution in [3.8, 4) is 40.0 Å². The number of fused-ring (bicyclic) bond motifs is 1. The molecule has 0 aliphatic carbocycles. The zero-order valence-electron chi connectivity index (χ0n) is 33.4. The number of hydrogen-bond donors (Lipinski definition) is 3. The molecule has 6 aromatic rings. The molecular formula is C46H47ClN6O6. The molecule has 0 saturated carbocycles. The number of aliphatic carboxylic acids is 1. The van der Waals surface area contributed by atoms with Crippen LogP contribution in [0.2, 0.25) is 5.02 Å². The molecule has 2 atom stereocenters. The maximum atomic E-state index is 11.9. The lowest BCUT2D eigenvalue weighted by Gasteiger charge is -2.23. The molecule has 0 unspecified atom stereocenters. The molecule has 3 aromatic carbocycles. The van der Waals surface area contributed by atoms with Gasteiger partial charge >= 0.3 is 5.97 Å². The number of carboxylic acid groups (broad SMARTS) is 1. The molecular weight excluding hydrogens is 768 g/mol. The molecule has 3 N–H and O–H groups in total. The molecule has 1 saturated heterocycles. The minimum Gasteiger partial charge on any atom is -0.488 e. The summed E-state index contributed by atoms with van der Waals surface area (Å²) in [5, 5.41) is 43.8. The number of aliphatic hydroxyl groups is 2. The molecule has 0 bridgehead atoms. The van der Waals surface area contributed by atoms with E-state index in [2.05, 4.69) is 65.2 Å². The van der Waals surface area contributed by atoms with Gasteiger partial charge in [-0.05, 0) is 97.7 Å². The van der Waals surface area contributed by atoms with Crippen LogP contribution in [0, 0.1) is 30.6 Å². The van der Waals surface area contributed by atoms with E-state index in [1.165, 1.54) is 13.1 Å². The summed E-state index contributed by atoms with van der Waals surface area (Å²) in [5.41, 5.74) is 9.35. The number of aliphatic hydroxyl groups excluding tert-OH is 2. The van der Waals surface area contributed by atoms with E-state index >= 15 is 0 Å². The third kappa shape index (κ3) is 9.24. The molecule has 1 aliphatic rings. The molecule has 1 fully saturated rings. The first-order valence-corrected chi connectivity index (χ1v) is 20.0. The van der Waals surface area contributed by atoms with Gasteiger partial charge in [0.1, 0.15) is 36.3 Å². The van der Waals surface area contributed by atoms with E-state index in [1.807, 2.05) is 29.1 Å². The third-order valence-corrected chi connectivity index (χ3v) is 11.6. The van der Waals surface area contributed by atoms with E-state index in [1.54, 1.807) is 24.4 Å². The highest BCUT2D eigenvalue weighted by molar-refractivity contribution is 6.32. The highest BCUT2D eigenvalue weighted by Gasteiger charge is 2.32. The molecule has 0 spiro atoms. The Kier molecular flexibility index (Phi) is 12.6. The van der Waals surface area contributed by atoms with Gasteiger partial charge in [0.15, 0.2) is 0 Å². The van der Waals surface area contributed by atoms with E-state index in [4.69, 9.17) is 26.1 Å². The minimum atomic E-state index is -1.35. The Morgan fingerprint density at radius 2 is 1.71 bits per heavy atom. The van der Waals surface area contributed by atoms with Crippen molar-refractivity contribution in [2.75, 3.05) is 26.2 Å². The number of benzene rings is 3. The largest absolute Gasteiger partial charge is 0.488 e. The number of pyridine rings is 2. The predicted octanol–water partition coefficient (Wildman–Crippen LogP) is 7.54. The number of ether oxygens (including phenoxy) is 2. The molecule has 12 nitrogen and oxygen atoms in total. The van der Waals surface area contributed by atoms with Crippen molar-refractivity contribution in [2.45, 2.75) is 65.9 Å². The number of nitriles is 1. The Hall–Kier alpha value is -5.84. The first kappa shape index (κ1) is 41.3. The molecule has 3 aromatic heterocycles. The Balaban J connectivity index is 1.10. The second-order valence-electron chi connectivity index (χ2n) is 15.5. The predicted molar refractivity (Wildman–Crippen MR) is 225 cm³/mol. The fourth-order valence-corrected chi connectivity index (χ4v) is 7.75. The zero-order chi connectivity index (χ0) is 41.7. The highest BCUT2D eigenvalue weighted by Crippen LogP contribution is 2.38. The van der Waals surface area contributed by atoms with Gasteiger partial charge in [0.05, 0.1) is 52.7 Å². The average molecular weight is 815 g/mol. The van der Waals surface area contributed by atoms with Crippen LogP contribution in [0.3, 0.4) is 0 Å². The first-order chi connectivity index (χ1) is 28.5. The number of aromatic nitrogens is 4. The minimum absolute atomic E-state index is 0.102. The van der Waals surface area contributed by atoms with Crippen molar-refractivity contribution in [3.63, 3.8) is 0 Å². The number of β-amino-alcohol motifs (C(OH)–C–C–N with tert-alkyl or cyclic N) is 1. The molecule has 304 valence electrons. The number of likely N-dealkylation sites (tertiary alicyclic amines) is 1. The smallest absolute Gasteiger partial charge is 0.311 e. The van der Waals surface area contributed by atoms with Crippen LogP contribution in [0.5, 0.6) is 11.5 Å². The summed E-state index contributed by atoms with van der Waals surface area (Å²) in [4.78, 5) is 23.3. The lowest BCUT2D eigenvalue weighted by Crippen LogP contribution is -2.32. The van der Waals surface area contributed by atoms with Gasteiger partial charge in [-0.15, -0.1) is 0 Å². The molecule has 0 radical (unpaired) electrons. The van der Waals surface area contributed by atoms with E-state index in [9.17, 15) is 25.4 Å². The van der Waals surface area contributed by atoms with Crippen LogP contribution in [0.4, 0.5) is 0 Å². The van der Waals surface area contributed by atoms with E-state index in [0.29, 0.717) is 39.8 Å². The van der Waals surface area contributed by atoms with Crippen LogP contribution in [0.15, 0.2) is 85.3 Å². The standard InChI is InChI=1S/C46H47ClN6O6/c1-29-34(27-59-44-20-43(58-26-32-18-31(21-48)22-49-23-32)33(19-39(44)47)12-14-46(3,28-54)45(56)57)6-4-7-36(29)37-8-5-9-38(30(37)2)40-10-11-42-41(51-40)24-50-53(42)17-16-52-15-13-35(55)25-52/h4-11,18-20,22-24,35,54-55H,12-17,25-28H2,1-3H3,(H,56,57)/t35-,46+/m1/s1. The number of rotatable bonds is 16. The summed E-state index contributed by atoms with van der Waals surface area (Å²) < 4.78 is 14.6. The Morgan fingerprint density at radius 1 is 0.949 bits per heavy atom. The first-order valence-electron chi connectivity index (χ1n) is 19.6. The Bertz CT molecular complexity index is 2530. The van der Waals surface area contributed by atoms with Crippen molar-refractivity contribution in [3.05, 3.63) is 124 Å². The van der Waals surface area contributed by atoms with Crippen LogP contribution >= 0.6 is 11.6 Å². The molecule has 13 heteroatoms. The van der Waals surface area contributed by atoms with Crippen molar-refractivity contribution in [2.24, 2.45) is 5.41 Å². The number of aryl methyl sites for hydroxylation is 1. The van der Waals surface area contributed by atoms with Crippen LogP contribution in [-0.4, -0.2) is 78.3 Å². The number of hydrogen-bond acceptors (Lipinski definition) is 10. The topological polar surface area (TPSA) is 167 Å². The number of nitrogens with zero attached hydrogens (tertiary/aromatic N) is 6. The third-order valence-electron chi connectivity index (χ3n) is 11.3. The monoisotopic (exact) mass is 814 g/mol. The van der Waals surface area contributed by atoms with Gasteiger partial charge in [0.25, 0.3) is 0 Å². The number of halogens is 1. The second-order valence-corrected chi connectivity index (χ2v) is 15.9. The fourth-order valence-electron chi connectivity index (χ4n) is 7.51. The summed E-state index contributed by atoms with van der Waals surface area (Å²) in [7, 11) is 0. The zero-order valence-corrected chi connectivity index (χ0v) is 34.1. The van der Waals surface area contributed by atoms with Gasteiger partial charge in [0, 0.05) is 49.2 Å². The van der Waals surface area contributed by atoms with E-state index in [-0.39, 0.29) is 32.2 Å². The van der Waals surface area contributed by atoms with Crippen molar-refractivity contribution >= 4 is 28.6 Å². The summed E-state index contributed by atoms with van der Waals surface area (Å²) >= 11 is 6.81. The lowest BCUT2D eigenvalue weighted by atomic mass is 9.85. The molecule has 7 rings (SSSR count). The van der Waals surface area contributed by atoms with Crippen LogP contribution < -0.4 is 9.47 Å². The summed E-state index contributed by atoms with van der Waals surface area (Å²) in [6.07, 6.45) is 5.89. The summed E-state index contributed by atoms with van der Waals surface area (Å²) in [6, 6.07) is 23.7. The van der Waals surface area contributed by atoms with Gasteiger partial charge in [-0.3, -0.25) is 19.4 Å². The maximum absolute atomic E-state index is 11.9. The van der Waals surface area contributed by atoms with Crippen molar-refractivity contribution < 1.29 is 29.6 Å². The lowest BCUT2D eigenvalue weighted by molar-refractivity contribution is -0.150. The molecule has 0 amide bonds. The van der Waals surface area contributed by atoms with Gasteiger partial charge < -0.3 is 24.8 Å². The normalized spacial score (nSPS) is 15.2. The van der Waals surface area contributed by atoms with Gasteiger partial charge in [-0.1, -0.05) is 48.0 Å². The molecule has 1 aliphatic heterocycles. The Labute approximate surface area is 348 Å². The van der Waals surface area contributed by atoms with E-state index < -0.39 is 18.0 Å². The van der Waals surface area contributed by atoms with Crippen LogP contribution in [0.25, 0.3) is 33.4 Å². The maximum Gasteiger partial charge on any atom is 0.311 e. The summed E-state index contributed by atoms with van der Waals surface area (Å²) in [6.45, 7) is 8.65. The van der Waals surface area contributed by atoms with Crippen molar-refractivity contribution in [1.29, 1.82) is 5.26 Å². The van der Waals surface area contributed by atoms with Crippen LogP contribution in [0.1, 0.15) is 53.1 Å². The number of carboxylic acids is 1. The molecule has 59 heavy (non-hydrogen) atoms. The highest BCUT2D eigenvalue weighted by atomic mass is 35.5. The van der Waals surface area contributed by atoms with Gasteiger partial charge in [-0.25, -0.2) is 4.98 Å². The van der Waals surface area contributed by atoms with Crippen molar-refractivity contribution in [1.82, 2.24) is 24.6 Å². The molecule has 4 heterocycles. The quantitative estimate of drug-likeness (QED) is 0.0883. The second kappa shape index (κ2) is 18.0. The fraction of sp³-hybridized carbons (Fsp3) is 0.326. The van der Waals surface area contributed by atoms with Gasteiger partial charge in [-0.2, -0.15) is 10.4 Å². The average Bonchev–Trinajstić information content (AvgIpc) is 3.86.